The zero-order valence-electron chi connectivity index (χ0n) is 41.5. The SMILES string of the molecule is [C-]#[N+]c1ccc(N2C(=O)C(C)(C)N(c3ccc(CCCC(=O)N(C)CCCCCOCC(=O)N[C@H](C(=O)N4C[C@H](O)C[C@H]4C(=O)NCc4ccc(-c5scnc5C)cc4)C(C)(C)C)cc3)C2=S)cc1C. The predicted octanol–water partition coefficient (Wildman–Crippen LogP) is 7.67. The monoisotopic (exact) mass is 990 g/mol. The van der Waals surface area contributed by atoms with Crippen molar-refractivity contribution in [2.45, 2.75) is 124 Å². The molecule has 2 saturated heterocycles. The highest BCUT2D eigenvalue weighted by Crippen LogP contribution is 2.38. The van der Waals surface area contributed by atoms with Crippen LogP contribution in [0.2, 0.25) is 0 Å². The van der Waals surface area contributed by atoms with Gasteiger partial charge in [-0.25, -0.2) is 9.83 Å². The Morgan fingerprint density at radius 2 is 1.69 bits per heavy atom. The molecular formula is C53H66N8O7S2. The van der Waals surface area contributed by atoms with Gasteiger partial charge in [0.25, 0.3) is 5.91 Å². The first-order valence-corrected chi connectivity index (χ1v) is 25.1. The van der Waals surface area contributed by atoms with E-state index in [1.54, 1.807) is 35.4 Å². The van der Waals surface area contributed by atoms with Gasteiger partial charge in [-0.3, -0.25) is 28.9 Å². The van der Waals surface area contributed by atoms with Crippen LogP contribution in [-0.2, 0) is 41.7 Å². The van der Waals surface area contributed by atoms with Gasteiger partial charge in [0.1, 0.15) is 24.2 Å². The minimum atomic E-state index is -0.958. The van der Waals surface area contributed by atoms with Crippen LogP contribution >= 0.6 is 23.6 Å². The first-order chi connectivity index (χ1) is 33.2. The molecule has 4 aromatic rings. The van der Waals surface area contributed by atoms with Crippen LogP contribution in [0.25, 0.3) is 15.3 Å². The molecule has 3 atom stereocenters. The summed E-state index contributed by atoms with van der Waals surface area (Å²) in [6.07, 6.45) is 3.28. The molecule has 3 N–H and O–H groups in total. The van der Waals surface area contributed by atoms with Gasteiger partial charge in [-0.1, -0.05) is 63.2 Å². The van der Waals surface area contributed by atoms with Crippen LogP contribution in [0.1, 0.15) is 95.5 Å². The van der Waals surface area contributed by atoms with E-state index in [1.807, 2.05) is 113 Å². The normalized spacial score (nSPS) is 17.1. The Bertz CT molecular complexity index is 2580. The summed E-state index contributed by atoms with van der Waals surface area (Å²) in [5.41, 5.74) is 6.90. The fraction of sp³-hybridized carbons (Fsp3) is 0.472. The zero-order chi connectivity index (χ0) is 50.9. The van der Waals surface area contributed by atoms with Crippen molar-refractivity contribution in [1.29, 1.82) is 0 Å². The number of rotatable bonds is 20. The van der Waals surface area contributed by atoms with E-state index in [2.05, 4.69) is 20.5 Å². The van der Waals surface area contributed by atoms with E-state index in [9.17, 15) is 29.1 Å². The summed E-state index contributed by atoms with van der Waals surface area (Å²) in [6, 6.07) is 19.2. The van der Waals surface area contributed by atoms with E-state index in [1.165, 1.54) is 9.80 Å². The fourth-order valence-corrected chi connectivity index (χ4v) is 10.1. The number of likely N-dealkylation sites (tertiary alicyclic amines) is 1. The second-order valence-corrected chi connectivity index (χ2v) is 21.0. The number of anilines is 2. The molecule has 70 heavy (non-hydrogen) atoms. The number of hydrogen-bond acceptors (Lipinski definition) is 10. The molecule has 0 radical (unpaired) electrons. The number of aromatic nitrogens is 1. The minimum Gasteiger partial charge on any atom is -0.391 e. The molecule has 0 unspecified atom stereocenters. The Labute approximate surface area is 421 Å². The Morgan fingerprint density at radius 3 is 2.33 bits per heavy atom. The number of ether oxygens (including phenoxy) is 1. The molecule has 3 aromatic carbocycles. The number of nitrogens with one attached hydrogen (secondary N) is 2. The number of carbonyl (C=O) groups excluding carboxylic acids is 5. The number of hydrogen-bond donors (Lipinski definition) is 3. The lowest BCUT2D eigenvalue weighted by Gasteiger charge is -2.35. The molecular weight excluding hydrogens is 925 g/mol. The second kappa shape index (κ2) is 23.2. The summed E-state index contributed by atoms with van der Waals surface area (Å²) in [5, 5.41) is 16.7. The molecule has 0 aliphatic carbocycles. The highest BCUT2D eigenvalue weighted by Gasteiger charge is 2.50. The first kappa shape index (κ1) is 53.3. The van der Waals surface area contributed by atoms with Crippen molar-refractivity contribution >= 4 is 75.3 Å². The van der Waals surface area contributed by atoms with Gasteiger partial charge >= 0.3 is 0 Å². The summed E-state index contributed by atoms with van der Waals surface area (Å²) < 4.78 is 5.68. The summed E-state index contributed by atoms with van der Waals surface area (Å²) >= 11 is 7.41. The van der Waals surface area contributed by atoms with E-state index in [4.69, 9.17) is 23.5 Å². The van der Waals surface area contributed by atoms with E-state index < -0.39 is 41.0 Å². The first-order valence-electron chi connectivity index (χ1n) is 23.8. The molecule has 0 spiro atoms. The van der Waals surface area contributed by atoms with Crippen LogP contribution < -0.4 is 20.4 Å². The van der Waals surface area contributed by atoms with Crippen molar-refractivity contribution in [2.24, 2.45) is 5.41 Å². The third-order valence-electron chi connectivity index (χ3n) is 12.9. The molecule has 372 valence electrons. The topological polar surface area (TPSA) is 169 Å². The summed E-state index contributed by atoms with van der Waals surface area (Å²) in [4.78, 5) is 82.5. The number of aliphatic hydroxyl groups excluding tert-OH is 1. The maximum absolute atomic E-state index is 14.0. The Morgan fingerprint density at radius 1 is 1.00 bits per heavy atom. The molecule has 0 bridgehead atoms. The quantitative estimate of drug-likeness (QED) is 0.0454. The van der Waals surface area contributed by atoms with E-state index in [-0.39, 0.29) is 43.8 Å². The van der Waals surface area contributed by atoms with E-state index in [0.29, 0.717) is 55.3 Å². The number of carbonyl (C=O) groups is 5. The second-order valence-electron chi connectivity index (χ2n) is 19.8. The molecule has 2 aliphatic rings. The number of aryl methyl sites for hydroxylation is 3. The maximum atomic E-state index is 14.0. The summed E-state index contributed by atoms with van der Waals surface area (Å²) in [6.45, 7) is 21.3. The smallest absolute Gasteiger partial charge is 0.259 e. The summed E-state index contributed by atoms with van der Waals surface area (Å²) in [5.74, 6) is -1.34. The standard InChI is InChI=1S/C53H66N8O7S2/c1-34-28-40(24-25-42(34)54-8)60-50(67)53(6,7)61(51(60)69)39-22-18-36(19-23-39)14-13-15-45(64)58(9)26-11-10-12-27-68-32-44(63)57-47(52(3,4)5)49(66)59-31-41(62)29-43(59)48(65)55-30-37-16-20-38(21-17-37)46-35(2)56-33-70-46/h16-25,28,33,41,43,47,62H,10-15,26-27,29-32H2,1-7,9H3,(H,55,65)(H,57,63)/t41-,43+,47-/m1/s1. The number of amides is 5. The molecule has 2 fully saturated rings. The lowest BCUT2D eigenvalue weighted by Crippen LogP contribution is -2.58. The van der Waals surface area contributed by atoms with Crippen molar-refractivity contribution in [3.63, 3.8) is 0 Å². The van der Waals surface area contributed by atoms with Crippen LogP contribution in [0.3, 0.4) is 0 Å². The fourth-order valence-electron chi connectivity index (χ4n) is 8.81. The van der Waals surface area contributed by atoms with Crippen LogP contribution in [-0.4, -0.2) is 112 Å². The van der Waals surface area contributed by atoms with E-state index in [0.717, 1.165) is 51.4 Å². The van der Waals surface area contributed by atoms with Crippen molar-refractivity contribution in [3.05, 3.63) is 106 Å². The molecule has 15 nitrogen and oxygen atoms in total. The van der Waals surface area contributed by atoms with Gasteiger partial charge in [-0.15, -0.1) is 11.3 Å². The Balaban J connectivity index is 0.871. The lowest BCUT2D eigenvalue weighted by atomic mass is 9.85. The average Bonchev–Trinajstić information content (AvgIpc) is 3.99. The van der Waals surface area contributed by atoms with Gasteiger partial charge in [-0.05, 0) is 124 Å². The largest absolute Gasteiger partial charge is 0.391 e. The highest BCUT2D eigenvalue weighted by molar-refractivity contribution is 7.81. The van der Waals surface area contributed by atoms with Crippen LogP contribution in [0.5, 0.6) is 0 Å². The molecule has 17 heteroatoms. The van der Waals surface area contributed by atoms with Gasteiger partial charge in [0, 0.05) is 57.5 Å². The van der Waals surface area contributed by atoms with Gasteiger partial charge in [0.05, 0.1) is 28.8 Å². The third kappa shape index (κ3) is 12.8. The summed E-state index contributed by atoms with van der Waals surface area (Å²) in [7, 11) is 1.80. The van der Waals surface area contributed by atoms with Crippen LogP contribution in [0.4, 0.5) is 17.1 Å². The minimum absolute atomic E-state index is 0.0158. The molecule has 0 saturated carbocycles. The number of unbranched alkanes of at least 4 members (excludes halogenated alkanes) is 2. The lowest BCUT2D eigenvalue weighted by molar-refractivity contribution is -0.144. The third-order valence-corrected chi connectivity index (χ3v) is 14.3. The van der Waals surface area contributed by atoms with Gasteiger partial charge in [-0.2, -0.15) is 0 Å². The molecule has 2 aliphatic heterocycles. The molecule has 3 heterocycles. The van der Waals surface area contributed by atoms with Gasteiger partial charge in [0.2, 0.25) is 23.6 Å². The van der Waals surface area contributed by atoms with Gasteiger partial charge < -0.3 is 35.2 Å². The zero-order valence-corrected chi connectivity index (χ0v) is 43.2. The molecule has 1 aromatic heterocycles. The number of aliphatic hydroxyl groups is 1. The average molecular weight is 991 g/mol. The number of benzene rings is 3. The highest BCUT2D eigenvalue weighted by atomic mass is 32.1. The maximum Gasteiger partial charge on any atom is 0.259 e. The van der Waals surface area contributed by atoms with E-state index >= 15 is 0 Å². The Kier molecular flexibility index (Phi) is 17.7. The van der Waals surface area contributed by atoms with Crippen molar-refractivity contribution in [3.8, 4) is 10.4 Å². The van der Waals surface area contributed by atoms with Crippen molar-refractivity contribution < 1.29 is 33.8 Å². The Hall–Kier alpha value is -6.06. The predicted molar refractivity (Wildman–Crippen MR) is 277 cm³/mol. The van der Waals surface area contributed by atoms with Gasteiger partial charge in [0.15, 0.2) is 10.8 Å². The number of nitrogens with zero attached hydrogens (tertiary/aromatic N) is 6. The molecule has 6 rings (SSSR count). The number of thiocarbonyl (C=S) groups is 1. The van der Waals surface area contributed by atoms with Crippen LogP contribution in [0, 0.1) is 25.8 Å². The molecule has 5 amide bonds. The van der Waals surface area contributed by atoms with Crippen LogP contribution in [0.15, 0.2) is 72.2 Å². The number of thiazole rings is 1. The van der Waals surface area contributed by atoms with Crippen molar-refractivity contribution in [2.75, 3.05) is 43.2 Å². The number of β-amino-alcohol motifs (C(OH)–C–C–N with tert-alkyl or cyclic N) is 1. The van der Waals surface area contributed by atoms with Crippen molar-refractivity contribution in [1.82, 2.24) is 25.4 Å².